The average molecular weight is 419 g/mol. The minimum absolute atomic E-state index is 0.0544. The normalized spacial score (nSPS) is 30.4. The van der Waals surface area contributed by atoms with Gasteiger partial charge in [-0.2, -0.15) is 28.1 Å². The number of hydrogen-bond donors (Lipinski definition) is 3. The monoisotopic (exact) mass is 419 g/mol. The second-order valence-corrected chi connectivity index (χ2v) is 8.03. The summed E-state index contributed by atoms with van der Waals surface area (Å²) in [6.45, 7) is 1.49. The van der Waals surface area contributed by atoms with E-state index in [2.05, 4.69) is 25.6 Å². The molecule has 160 valence electrons. The zero-order valence-corrected chi connectivity index (χ0v) is 15.7. The van der Waals surface area contributed by atoms with Crippen LogP contribution in [0.5, 0.6) is 0 Å². The maximum Gasteiger partial charge on any atom is 0.408 e. The van der Waals surface area contributed by atoms with Crippen LogP contribution in [0.4, 0.5) is 33.8 Å². The van der Waals surface area contributed by atoms with Crippen molar-refractivity contribution in [3.8, 4) is 0 Å². The van der Waals surface area contributed by atoms with Crippen LogP contribution in [0.2, 0.25) is 0 Å². The molecule has 3 aliphatic rings. The zero-order valence-electron chi connectivity index (χ0n) is 15.7. The molecule has 6 nitrogen and oxygen atoms in total. The van der Waals surface area contributed by atoms with Gasteiger partial charge >= 0.3 is 6.18 Å². The van der Waals surface area contributed by atoms with Crippen molar-refractivity contribution in [3.05, 3.63) is 11.7 Å². The number of fused-ring (bicyclic) bond motifs is 1. The number of allylic oxidation sites excluding steroid dienone is 1. The first kappa shape index (κ1) is 20.2. The molecule has 4 rings (SSSR count). The van der Waals surface area contributed by atoms with Gasteiger partial charge in [-0.15, -0.1) is 0 Å². The van der Waals surface area contributed by atoms with Gasteiger partial charge in [0, 0.05) is 24.0 Å². The summed E-state index contributed by atoms with van der Waals surface area (Å²) in [6.07, 6.45) is -4.86. The quantitative estimate of drug-likeness (QED) is 0.613. The minimum Gasteiger partial charge on any atom is -0.389 e. The summed E-state index contributed by atoms with van der Waals surface area (Å²) in [7, 11) is 0. The molecule has 0 radical (unpaired) electrons. The molecular weight excluding hydrogens is 397 g/mol. The number of halogens is 5. The van der Waals surface area contributed by atoms with Crippen molar-refractivity contribution < 1.29 is 27.1 Å². The summed E-state index contributed by atoms with van der Waals surface area (Å²) < 4.78 is 67.4. The Kier molecular flexibility index (Phi) is 5.12. The number of hydrogen-bond acceptors (Lipinski definition) is 6. The maximum atomic E-state index is 14.9. The molecule has 1 aromatic rings. The average Bonchev–Trinajstić information content (AvgIpc) is 3.49. The van der Waals surface area contributed by atoms with E-state index >= 15 is 0 Å². The molecule has 0 spiro atoms. The van der Waals surface area contributed by atoms with Gasteiger partial charge in [0.15, 0.2) is 5.82 Å². The van der Waals surface area contributed by atoms with Crippen molar-refractivity contribution in [2.45, 2.75) is 57.1 Å². The molecule has 3 unspecified atom stereocenters. The third-order valence-electron chi connectivity index (χ3n) is 5.86. The minimum atomic E-state index is -4.51. The molecule has 0 aromatic carbocycles. The van der Waals surface area contributed by atoms with E-state index in [4.69, 9.17) is 0 Å². The number of nitrogens with zero attached hydrogens (tertiary/aromatic N) is 3. The van der Waals surface area contributed by atoms with Gasteiger partial charge in [0.05, 0.1) is 6.10 Å². The van der Waals surface area contributed by atoms with Crippen molar-refractivity contribution in [3.63, 3.8) is 0 Å². The molecular formula is C18H22F5N5O. The van der Waals surface area contributed by atoms with E-state index in [0.29, 0.717) is 18.9 Å². The third-order valence-corrected chi connectivity index (χ3v) is 5.86. The van der Waals surface area contributed by atoms with Gasteiger partial charge in [0.1, 0.15) is 18.0 Å². The Morgan fingerprint density at radius 1 is 1.14 bits per heavy atom. The van der Waals surface area contributed by atoms with E-state index in [0.717, 1.165) is 19.8 Å². The fourth-order valence-electron chi connectivity index (χ4n) is 3.77. The zero-order chi connectivity index (χ0) is 20.9. The number of aliphatic hydroxyl groups is 1. The first-order valence-electron chi connectivity index (χ1n) is 9.69. The molecule has 1 aromatic heterocycles. The van der Waals surface area contributed by atoms with Crippen LogP contribution in [0.3, 0.4) is 0 Å². The number of anilines is 2. The summed E-state index contributed by atoms with van der Waals surface area (Å²) in [4.78, 5) is 12.1. The van der Waals surface area contributed by atoms with Crippen LogP contribution in [0.1, 0.15) is 38.4 Å². The molecule has 2 saturated carbocycles. The molecule has 2 fully saturated rings. The molecule has 0 amide bonds. The highest BCUT2D eigenvalue weighted by Gasteiger charge is 2.55. The van der Waals surface area contributed by atoms with Crippen LogP contribution in [-0.4, -0.2) is 51.1 Å². The standard InChI is InChI=1S/C18H22F5N5O/c1-7(18(21,22)23)25-17-27-15(26-16(28-17)24-6-8-2-3-8)10-5-4-9-11(12(10)19)14(29)13(9)20/h7-9,11,13-14,29H,2-6H2,1H3,(H2,24,25,26,27,28)/t7-,9?,11-,13?,14?/m1/s1. The maximum absolute atomic E-state index is 14.9. The van der Waals surface area contributed by atoms with E-state index in [-0.39, 0.29) is 29.7 Å². The lowest BCUT2D eigenvalue weighted by molar-refractivity contribution is -0.138. The van der Waals surface area contributed by atoms with Crippen LogP contribution < -0.4 is 10.6 Å². The lowest BCUT2D eigenvalue weighted by Gasteiger charge is -2.47. The SMILES string of the molecule is C[C@@H](Nc1nc(NCC2CC2)nc(C2=C(F)[C@@H]3C(O)C(F)C3CC2)n1)C(F)(F)F. The highest BCUT2D eigenvalue weighted by Crippen LogP contribution is 2.51. The Balaban J connectivity index is 1.64. The predicted octanol–water partition coefficient (Wildman–Crippen LogP) is 3.48. The predicted molar refractivity (Wildman–Crippen MR) is 95.3 cm³/mol. The van der Waals surface area contributed by atoms with Gasteiger partial charge in [-0.1, -0.05) is 0 Å². The lowest BCUT2D eigenvalue weighted by atomic mass is 9.63. The largest absolute Gasteiger partial charge is 0.408 e. The van der Waals surface area contributed by atoms with E-state index < -0.39 is 42.2 Å². The summed E-state index contributed by atoms with van der Waals surface area (Å²) in [5, 5.41) is 14.9. The van der Waals surface area contributed by atoms with Crippen molar-refractivity contribution >= 4 is 17.5 Å². The summed E-state index contributed by atoms with van der Waals surface area (Å²) >= 11 is 0. The smallest absolute Gasteiger partial charge is 0.389 e. The number of rotatable bonds is 6. The van der Waals surface area contributed by atoms with E-state index in [1.807, 2.05) is 0 Å². The molecule has 1 heterocycles. The van der Waals surface area contributed by atoms with Gasteiger partial charge in [0.2, 0.25) is 11.9 Å². The first-order chi connectivity index (χ1) is 13.6. The van der Waals surface area contributed by atoms with Gasteiger partial charge in [0.25, 0.3) is 0 Å². The summed E-state index contributed by atoms with van der Waals surface area (Å²) in [5.41, 5.74) is 0.0804. The van der Waals surface area contributed by atoms with Crippen LogP contribution in [0.15, 0.2) is 5.83 Å². The molecule has 11 heteroatoms. The summed E-state index contributed by atoms with van der Waals surface area (Å²) in [5.74, 6) is -2.15. The molecule has 3 aliphatic carbocycles. The topological polar surface area (TPSA) is 83.0 Å². The highest BCUT2D eigenvalue weighted by atomic mass is 19.4. The Morgan fingerprint density at radius 2 is 1.83 bits per heavy atom. The van der Waals surface area contributed by atoms with Crippen LogP contribution >= 0.6 is 0 Å². The highest BCUT2D eigenvalue weighted by molar-refractivity contribution is 5.66. The Labute approximate surface area is 164 Å². The first-order valence-corrected chi connectivity index (χ1v) is 9.69. The molecule has 0 aliphatic heterocycles. The van der Waals surface area contributed by atoms with Gasteiger partial charge in [-0.05, 0) is 38.5 Å². The number of nitrogens with one attached hydrogen (secondary N) is 2. The fourth-order valence-corrected chi connectivity index (χ4v) is 3.77. The van der Waals surface area contributed by atoms with Crippen LogP contribution in [0.25, 0.3) is 5.57 Å². The van der Waals surface area contributed by atoms with Crippen LogP contribution in [0, 0.1) is 17.8 Å². The molecule has 0 bridgehead atoms. The lowest BCUT2D eigenvalue weighted by Crippen LogP contribution is -2.54. The molecule has 3 N–H and O–H groups in total. The van der Waals surface area contributed by atoms with E-state index in [9.17, 15) is 27.1 Å². The third kappa shape index (κ3) is 4.01. The van der Waals surface area contributed by atoms with Gasteiger partial charge in [-0.3, -0.25) is 0 Å². The Hall–Kier alpha value is -2.04. The van der Waals surface area contributed by atoms with E-state index in [1.54, 1.807) is 0 Å². The molecule has 5 atom stereocenters. The van der Waals surface area contributed by atoms with Crippen molar-refractivity contribution in [2.24, 2.45) is 17.8 Å². The van der Waals surface area contributed by atoms with E-state index in [1.165, 1.54) is 0 Å². The Bertz CT molecular complexity index is 812. The number of aliphatic hydroxyl groups excluding tert-OH is 1. The molecule has 0 saturated heterocycles. The molecule has 29 heavy (non-hydrogen) atoms. The van der Waals surface area contributed by atoms with Crippen molar-refractivity contribution in [2.75, 3.05) is 17.2 Å². The second kappa shape index (κ2) is 7.33. The summed E-state index contributed by atoms with van der Waals surface area (Å²) in [6, 6.07) is -1.91. The Morgan fingerprint density at radius 3 is 2.48 bits per heavy atom. The number of aromatic nitrogens is 3. The fraction of sp³-hybridized carbons (Fsp3) is 0.722. The second-order valence-electron chi connectivity index (χ2n) is 8.03. The van der Waals surface area contributed by atoms with Crippen molar-refractivity contribution in [1.82, 2.24) is 15.0 Å². The van der Waals surface area contributed by atoms with Gasteiger partial charge < -0.3 is 15.7 Å². The number of alkyl halides is 4. The van der Waals surface area contributed by atoms with Gasteiger partial charge in [-0.25, -0.2) is 8.78 Å². The van der Waals surface area contributed by atoms with Crippen LogP contribution in [-0.2, 0) is 0 Å². The van der Waals surface area contributed by atoms with Crippen molar-refractivity contribution in [1.29, 1.82) is 0 Å².